The van der Waals surface area contributed by atoms with E-state index in [9.17, 15) is 13.2 Å². The SMILES string of the molecule is C=CCOc1ccc(/C=N\NC(=O)c2ccc(CN(c3ccc(OC)cc3)S(=O)(=O)c3ccccc3)cc2)cc1. The van der Waals surface area contributed by atoms with E-state index in [0.29, 0.717) is 34.9 Å². The first-order valence-electron chi connectivity index (χ1n) is 12.4. The second-order valence-electron chi connectivity index (χ2n) is 8.59. The van der Waals surface area contributed by atoms with Crippen molar-refractivity contribution in [3.63, 3.8) is 0 Å². The zero-order valence-corrected chi connectivity index (χ0v) is 22.8. The Morgan fingerprint density at radius 2 is 1.55 bits per heavy atom. The number of carbonyl (C=O) groups is 1. The lowest BCUT2D eigenvalue weighted by Crippen LogP contribution is -2.30. The fraction of sp³-hybridized carbons (Fsp3) is 0.0968. The molecule has 0 radical (unpaired) electrons. The van der Waals surface area contributed by atoms with Crippen LogP contribution in [0.15, 0.2) is 126 Å². The van der Waals surface area contributed by atoms with E-state index in [2.05, 4.69) is 17.1 Å². The van der Waals surface area contributed by atoms with Gasteiger partial charge in [0.15, 0.2) is 0 Å². The molecule has 1 amide bonds. The van der Waals surface area contributed by atoms with Gasteiger partial charge >= 0.3 is 0 Å². The molecule has 9 heteroatoms. The minimum absolute atomic E-state index is 0.0656. The number of methoxy groups -OCH3 is 1. The van der Waals surface area contributed by atoms with Crippen molar-refractivity contribution in [3.8, 4) is 11.5 Å². The van der Waals surface area contributed by atoms with Crippen molar-refractivity contribution in [2.75, 3.05) is 18.0 Å². The van der Waals surface area contributed by atoms with Gasteiger partial charge < -0.3 is 9.47 Å². The van der Waals surface area contributed by atoms with Gasteiger partial charge in [0.2, 0.25) is 0 Å². The number of sulfonamides is 1. The average molecular weight is 556 g/mol. The normalized spacial score (nSPS) is 11.1. The number of hydrogen-bond acceptors (Lipinski definition) is 6. The molecular formula is C31H29N3O5S. The van der Waals surface area contributed by atoms with Crippen LogP contribution in [-0.4, -0.2) is 34.3 Å². The molecule has 40 heavy (non-hydrogen) atoms. The standard InChI is InChI=1S/C31H29N3O5S/c1-3-21-39-29-17-11-24(12-18-29)22-32-33-31(35)26-13-9-25(10-14-26)23-34(27-15-19-28(38-2)20-16-27)40(36,37)30-7-5-4-6-8-30/h3-20,22H,1,21,23H2,2H3,(H,33,35)/b32-22-. The third kappa shape index (κ3) is 7.15. The summed E-state index contributed by atoms with van der Waals surface area (Å²) in [6.45, 7) is 4.10. The molecule has 0 aromatic heterocycles. The lowest BCUT2D eigenvalue weighted by molar-refractivity contribution is 0.0955. The van der Waals surface area contributed by atoms with Crippen LogP contribution in [0, 0.1) is 0 Å². The van der Waals surface area contributed by atoms with E-state index < -0.39 is 15.9 Å². The minimum Gasteiger partial charge on any atom is -0.497 e. The van der Waals surface area contributed by atoms with Crippen LogP contribution in [0.5, 0.6) is 11.5 Å². The van der Waals surface area contributed by atoms with Crippen molar-refractivity contribution in [1.29, 1.82) is 0 Å². The maximum absolute atomic E-state index is 13.6. The molecule has 0 saturated carbocycles. The minimum atomic E-state index is -3.86. The van der Waals surface area contributed by atoms with Gasteiger partial charge in [-0.2, -0.15) is 5.10 Å². The van der Waals surface area contributed by atoms with Crippen LogP contribution in [-0.2, 0) is 16.6 Å². The Morgan fingerprint density at radius 3 is 2.17 bits per heavy atom. The van der Waals surface area contributed by atoms with E-state index in [-0.39, 0.29) is 11.4 Å². The van der Waals surface area contributed by atoms with Crippen LogP contribution in [0.1, 0.15) is 21.5 Å². The largest absolute Gasteiger partial charge is 0.497 e. The van der Waals surface area contributed by atoms with Gasteiger partial charge in [0, 0.05) is 5.56 Å². The van der Waals surface area contributed by atoms with Crippen molar-refractivity contribution in [3.05, 3.63) is 132 Å². The third-order valence-corrected chi connectivity index (χ3v) is 7.65. The molecule has 4 rings (SSSR count). The number of carbonyl (C=O) groups excluding carboxylic acids is 1. The van der Waals surface area contributed by atoms with Gasteiger partial charge in [0.25, 0.3) is 15.9 Å². The van der Waals surface area contributed by atoms with Gasteiger partial charge in [-0.25, -0.2) is 13.8 Å². The number of hydrogen-bond donors (Lipinski definition) is 1. The van der Waals surface area contributed by atoms with Crippen molar-refractivity contribution in [1.82, 2.24) is 5.43 Å². The van der Waals surface area contributed by atoms with Gasteiger partial charge in [0.05, 0.1) is 30.5 Å². The molecule has 0 aliphatic carbocycles. The highest BCUT2D eigenvalue weighted by Crippen LogP contribution is 2.28. The number of rotatable bonds is 12. The summed E-state index contributed by atoms with van der Waals surface area (Å²) in [5.41, 5.74) is 4.87. The fourth-order valence-corrected chi connectivity index (χ4v) is 5.22. The molecule has 0 aliphatic rings. The molecule has 204 valence electrons. The molecule has 4 aromatic carbocycles. The van der Waals surface area contributed by atoms with Crippen LogP contribution < -0.4 is 19.2 Å². The Kier molecular flexibility index (Phi) is 9.32. The van der Waals surface area contributed by atoms with E-state index in [4.69, 9.17) is 9.47 Å². The van der Waals surface area contributed by atoms with Gasteiger partial charge in [-0.15, -0.1) is 0 Å². The lowest BCUT2D eigenvalue weighted by Gasteiger charge is -2.25. The molecule has 0 spiro atoms. The van der Waals surface area contributed by atoms with Crippen LogP contribution in [0.2, 0.25) is 0 Å². The number of nitrogens with zero attached hydrogens (tertiary/aromatic N) is 2. The van der Waals surface area contributed by atoms with Crippen LogP contribution in [0.4, 0.5) is 5.69 Å². The molecule has 4 aromatic rings. The highest BCUT2D eigenvalue weighted by atomic mass is 32.2. The summed E-state index contributed by atoms with van der Waals surface area (Å²) >= 11 is 0. The van der Waals surface area contributed by atoms with E-state index >= 15 is 0 Å². The molecule has 1 N–H and O–H groups in total. The zero-order valence-electron chi connectivity index (χ0n) is 21.9. The summed E-state index contributed by atoms with van der Waals surface area (Å²) in [5, 5.41) is 4.02. The molecule has 0 aliphatic heterocycles. The number of amides is 1. The van der Waals surface area contributed by atoms with Crippen LogP contribution in [0.3, 0.4) is 0 Å². The Balaban J connectivity index is 1.46. The summed E-state index contributed by atoms with van der Waals surface area (Å²) in [6.07, 6.45) is 3.20. The van der Waals surface area contributed by atoms with Crippen molar-refractivity contribution >= 4 is 27.8 Å². The molecule has 0 fully saturated rings. The summed E-state index contributed by atoms with van der Waals surface area (Å²) < 4.78 is 39.1. The molecular weight excluding hydrogens is 526 g/mol. The molecule has 0 bridgehead atoms. The number of nitrogens with one attached hydrogen (secondary N) is 1. The predicted octanol–water partition coefficient (Wildman–Crippen LogP) is 5.42. The van der Waals surface area contributed by atoms with Gasteiger partial charge in [-0.1, -0.05) is 43.0 Å². The van der Waals surface area contributed by atoms with Gasteiger partial charge in [-0.3, -0.25) is 9.10 Å². The lowest BCUT2D eigenvalue weighted by atomic mass is 10.1. The molecule has 0 heterocycles. The van der Waals surface area contributed by atoms with E-state index in [1.54, 1.807) is 104 Å². The van der Waals surface area contributed by atoms with Crippen molar-refractivity contribution < 1.29 is 22.7 Å². The van der Waals surface area contributed by atoms with Crippen molar-refractivity contribution in [2.45, 2.75) is 11.4 Å². The summed E-state index contributed by atoms with van der Waals surface area (Å²) in [4.78, 5) is 12.8. The Labute approximate surface area is 234 Å². The first kappa shape index (κ1) is 28.1. The maximum Gasteiger partial charge on any atom is 0.271 e. The maximum atomic E-state index is 13.6. The smallest absolute Gasteiger partial charge is 0.271 e. The van der Waals surface area contributed by atoms with Gasteiger partial charge in [-0.05, 0) is 83.9 Å². The second kappa shape index (κ2) is 13.3. The Hall–Kier alpha value is -4.89. The topological polar surface area (TPSA) is 97.3 Å². The molecule has 8 nitrogen and oxygen atoms in total. The molecule has 0 saturated heterocycles. The summed E-state index contributed by atoms with van der Waals surface area (Å²) in [5.74, 6) is 0.939. The molecule has 0 unspecified atom stereocenters. The highest BCUT2D eigenvalue weighted by molar-refractivity contribution is 7.92. The summed E-state index contributed by atoms with van der Waals surface area (Å²) in [6, 6.07) is 29.0. The second-order valence-corrected chi connectivity index (χ2v) is 10.4. The number of hydrazone groups is 1. The quantitative estimate of drug-likeness (QED) is 0.143. The Morgan fingerprint density at radius 1 is 0.900 bits per heavy atom. The van der Waals surface area contributed by atoms with Crippen molar-refractivity contribution in [2.24, 2.45) is 5.10 Å². The zero-order chi connectivity index (χ0) is 28.4. The van der Waals surface area contributed by atoms with Crippen LogP contribution in [0.25, 0.3) is 0 Å². The van der Waals surface area contributed by atoms with E-state index in [1.165, 1.54) is 10.5 Å². The Bertz CT molecular complexity index is 1550. The van der Waals surface area contributed by atoms with Gasteiger partial charge in [0.1, 0.15) is 18.1 Å². The predicted molar refractivity (Wildman–Crippen MR) is 156 cm³/mol. The first-order chi connectivity index (χ1) is 19.4. The number of ether oxygens (including phenoxy) is 2. The average Bonchev–Trinajstić information content (AvgIpc) is 3.00. The number of anilines is 1. The number of benzene rings is 4. The van der Waals surface area contributed by atoms with E-state index in [1.807, 2.05) is 12.1 Å². The third-order valence-electron chi connectivity index (χ3n) is 5.86. The monoisotopic (exact) mass is 555 g/mol. The molecule has 0 atom stereocenters. The highest BCUT2D eigenvalue weighted by Gasteiger charge is 2.25. The first-order valence-corrected chi connectivity index (χ1v) is 13.8. The summed E-state index contributed by atoms with van der Waals surface area (Å²) in [7, 11) is -2.31. The van der Waals surface area contributed by atoms with Crippen LogP contribution >= 0.6 is 0 Å². The van der Waals surface area contributed by atoms with E-state index in [0.717, 1.165) is 5.56 Å². The fourth-order valence-electron chi connectivity index (χ4n) is 3.75.